The summed E-state index contributed by atoms with van der Waals surface area (Å²) < 4.78 is 29.6. The van der Waals surface area contributed by atoms with Crippen molar-refractivity contribution in [2.24, 2.45) is 0 Å². The Morgan fingerprint density at radius 1 is 1.14 bits per heavy atom. The van der Waals surface area contributed by atoms with Crippen molar-refractivity contribution in [3.8, 4) is 11.4 Å². The number of nitrogens with zero attached hydrogens (tertiary/aromatic N) is 4. The molecule has 0 spiro atoms. The van der Waals surface area contributed by atoms with Crippen molar-refractivity contribution in [3.05, 3.63) is 75.0 Å². The van der Waals surface area contributed by atoms with Crippen LogP contribution in [0.25, 0.3) is 33.6 Å². The van der Waals surface area contributed by atoms with Gasteiger partial charge in [0.25, 0.3) is 0 Å². The Balaban J connectivity index is 1.77. The second-order valence-electron chi connectivity index (χ2n) is 6.18. The van der Waals surface area contributed by atoms with Gasteiger partial charge in [0, 0.05) is 34.8 Å². The van der Waals surface area contributed by atoms with Crippen molar-refractivity contribution in [1.82, 2.24) is 24.5 Å². The third kappa shape index (κ3) is 2.59. The molecule has 4 aromatic heterocycles. The van der Waals surface area contributed by atoms with Gasteiger partial charge in [-0.25, -0.2) is 23.7 Å². The van der Waals surface area contributed by atoms with Gasteiger partial charge in [-0.1, -0.05) is 0 Å². The van der Waals surface area contributed by atoms with Gasteiger partial charge in [-0.2, -0.15) is 11.3 Å². The average molecular weight is 395 g/mol. The van der Waals surface area contributed by atoms with Crippen LogP contribution in [0.5, 0.6) is 0 Å². The Bertz CT molecular complexity index is 1390. The second kappa shape index (κ2) is 6.31. The highest BCUT2D eigenvalue weighted by molar-refractivity contribution is 7.08. The molecular formula is C19H11F2N5OS. The predicted octanol–water partition coefficient (Wildman–Crippen LogP) is 3.72. The molecule has 0 radical (unpaired) electrons. The highest BCUT2D eigenvalue weighted by Crippen LogP contribution is 2.27. The largest absolute Gasteiger partial charge is 0.319 e. The highest BCUT2D eigenvalue weighted by atomic mass is 32.1. The lowest BCUT2D eigenvalue weighted by Crippen LogP contribution is -2.11. The van der Waals surface area contributed by atoms with E-state index in [1.807, 2.05) is 21.4 Å². The number of fused-ring (bicyclic) bond motifs is 2. The van der Waals surface area contributed by atoms with Gasteiger partial charge in [0.2, 0.25) is 5.56 Å². The van der Waals surface area contributed by atoms with Gasteiger partial charge in [0.05, 0.1) is 12.1 Å². The van der Waals surface area contributed by atoms with Gasteiger partial charge in [-0.05, 0) is 29.1 Å². The smallest absolute Gasteiger partial charge is 0.248 e. The maximum Gasteiger partial charge on any atom is 0.248 e. The Labute approximate surface area is 160 Å². The number of pyridine rings is 1. The van der Waals surface area contributed by atoms with E-state index in [-0.39, 0.29) is 12.1 Å². The van der Waals surface area contributed by atoms with Crippen molar-refractivity contribution in [3.63, 3.8) is 0 Å². The summed E-state index contributed by atoms with van der Waals surface area (Å²) in [5.74, 6) is -1.46. The quantitative estimate of drug-likeness (QED) is 0.505. The van der Waals surface area contributed by atoms with Crippen LogP contribution in [0.1, 0.15) is 5.56 Å². The lowest BCUT2D eigenvalue weighted by molar-refractivity contribution is 0.515. The number of H-pyrrole nitrogens is 1. The van der Waals surface area contributed by atoms with E-state index < -0.39 is 17.2 Å². The zero-order valence-corrected chi connectivity index (χ0v) is 15.0. The number of rotatable bonds is 3. The number of hydrogen-bond acceptors (Lipinski definition) is 5. The minimum atomic E-state index is -1.08. The van der Waals surface area contributed by atoms with Crippen LogP contribution in [0.3, 0.4) is 0 Å². The third-order valence-electron chi connectivity index (χ3n) is 4.49. The zero-order chi connectivity index (χ0) is 19.3. The first-order chi connectivity index (χ1) is 13.6. The highest BCUT2D eigenvalue weighted by Gasteiger charge is 2.18. The number of halogens is 2. The first kappa shape index (κ1) is 16.7. The number of hydrogen-bond donors (Lipinski definition) is 1. The van der Waals surface area contributed by atoms with E-state index in [1.54, 1.807) is 12.4 Å². The lowest BCUT2D eigenvalue weighted by Gasteiger charge is -2.11. The summed E-state index contributed by atoms with van der Waals surface area (Å²) in [6.07, 6.45) is 3.11. The summed E-state index contributed by atoms with van der Waals surface area (Å²) in [5, 5.41) is 4.30. The molecule has 0 saturated heterocycles. The molecule has 9 heteroatoms. The monoisotopic (exact) mass is 395 g/mol. The third-order valence-corrected chi connectivity index (χ3v) is 5.17. The molecule has 0 atom stereocenters. The summed E-state index contributed by atoms with van der Waals surface area (Å²) >= 11 is 1.53. The van der Waals surface area contributed by atoms with E-state index in [9.17, 15) is 13.6 Å². The Morgan fingerprint density at radius 3 is 2.82 bits per heavy atom. The van der Waals surface area contributed by atoms with Crippen LogP contribution in [0.4, 0.5) is 8.78 Å². The fourth-order valence-corrected chi connectivity index (χ4v) is 3.89. The molecule has 6 nitrogen and oxygen atoms in total. The average Bonchev–Trinajstić information content (AvgIpc) is 3.33. The Kier molecular flexibility index (Phi) is 3.76. The van der Waals surface area contributed by atoms with Gasteiger partial charge in [0.1, 0.15) is 5.82 Å². The van der Waals surface area contributed by atoms with Gasteiger partial charge in [-0.15, -0.1) is 0 Å². The van der Waals surface area contributed by atoms with Crippen LogP contribution in [0.2, 0.25) is 0 Å². The SMILES string of the molecule is O=c1cc(Cn2c(-c3ccsc3)nc3nccnc32)c2ccc(F)c(F)c2[nH]1. The summed E-state index contributed by atoms with van der Waals surface area (Å²) in [4.78, 5) is 27.6. The summed E-state index contributed by atoms with van der Waals surface area (Å²) in [6.45, 7) is 0.200. The zero-order valence-electron chi connectivity index (χ0n) is 14.2. The summed E-state index contributed by atoms with van der Waals surface area (Å²) in [7, 11) is 0. The molecule has 1 aromatic carbocycles. The molecule has 138 valence electrons. The number of thiophene rings is 1. The van der Waals surface area contributed by atoms with Crippen LogP contribution in [-0.4, -0.2) is 24.5 Å². The number of aromatic nitrogens is 5. The molecule has 5 aromatic rings. The molecule has 0 aliphatic carbocycles. The molecule has 1 N–H and O–H groups in total. The maximum atomic E-state index is 14.2. The van der Waals surface area contributed by atoms with Crippen molar-refractivity contribution >= 4 is 33.5 Å². The van der Waals surface area contributed by atoms with Crippen molar-refractivity contribution in [1.29, 1.82) is 0 Å². The van der Waals surface area contributed by atoms with Crippen LogP contribution < -0.4 is 5.56 Å². The standard InChI is InChI=1S/C19H11F2N5OS/c20-13-2-1-12-11(7-14(27)24-16(12)15(13)21)8-26-18(10-3-6-28-9-10)25-17-19(26)23-5-4-22-17/h1-7,9H,8H2,(H,24,27). The first-order valence-electron chi connectivity index (χ1n) is 8.31. The normalized spacial score (nSPS) is 11.5. The van der Waals surface area contributed by atoms with Crippen molar-refractivity contribution in [2.75, 3.05) is 0 Å². The molecule has 0 amide bonds. The topological polar surface area (TPSA) is 76.5 Å². The van der Waals surface area contributed by atoms with E-state index in [0.717, 1.165) is 11.6 Å². The van der Waals surface area contributed by atoms with Gasteiger partial charge < -0.3 is 9.55 Å². The number of imidazole rings is 1. The van der Waals surface area contributed by atoms with Crippen molar-refractivity contribution in [2.45, 2.75) is 6.54 Å². The predicted molar refractivity (Wildman–Crippen MR) is 102 cm³/mol. The summed E-state index contributed by atoms with van der Waals surface area (Å²) in [6, 6.07) is 5.80. The molecule has 0 unspecified atom stereocenters. The molecule has 28 heavy (non-hydrogen) atoms. The van der Waals surface area contributed by atoms with Gasteiger partial charge in [0.15, 0.2) is 22.9 Å². The molecule has 5 rings (SSSR count). The molecule has 0 aliphatic rings. The van der Waals surface area contributed by atoms with Gasteiger partial charge >= 0.3 is 0 Å². The molecule has 4 heterocycles. The van der Waals surface area contributed by atoms with E-state index in [1.165, 1.54) is 23.5 Å². The fraction of sp³-hybridized carbons (Fsp3) is 0.0526. The van der Waals surface area contributed by atoms with E-state index >= 15 is 0 Å². The molecular weight excluding hydrogens is 384 g/mol. The van der Waals surface area contributed by atoms with Crippen LogP contribution >= 0.6 is 11.3 Å². The van der Waals surface area contributed by atoms with E-state index in [2.05, 4.69) is 19.9 Å². The van der Waals surface area contributed by atoms with Crippen LogP contribution in [0.15, 0.2) is 52.2 Å². The Morgan fingerprint density at radius 2 is 2.00 bits per heavy atom. The van der Waals surface area contributed by atoms with Crippen LogP contribution in [0, 0.1) is 11.6 Å². The lowest BCUT2D eigenvalue weighted by atomic mass is 10.1. The fourth-order valence-electron chi connectivity index (χ4n) is 3.25. The number of nitrogens with one attached hydrogen (secondary N) is 1. The molecule has 0 aliphatic heterocycles. The van der Waals surface area contributed by atoms with E-state index in [4.69, 9.17) is 0 Å². The molecule has 0 bridgehead atoms. The summed E-state index contributed by atoms with van der Waals surface area (Å²) in [5.41, 5.74) is 1.75. The van der Waals surface area contributed by atoms with E-state index in [0.29, 0.717) is 28.1 Å². The molecule has 0 saturated carbocycles. The molecule has 0 fully saturated rings. The maximum absolute atomic E-state index is 14.2. The van der Waals surface area contributed by atoms with Crippen LogP contribution in [-0.2, 0) is 6.54 Å². The van der Waals surface area contributed by atoms with Crippen molar-refractivity contribution < 1.29 is 8.78 Å². The second-order valence-corrected chi connectivity index (χ2v) is 6.96. The minimum Gasteiger partial charge on any atom is -0.319 e. The number of aromatic amines is 1. The number of benzene rings is 1. The Hall–Kier alpha value is -3.46. The first-order valence-corrected chi connectivity index (χ1v) is 9.26. The van der Waals surface area contributed by atoms with Gasteiger partial charge in [-0.3, -0.25) is 4.79 Å². The minimum absolute atomic E-state index is 0.157.